The molecular formula is C16H14N4O5. The topological polar surface area (TPSA) is 113 Å². The Morgan fingerprint density at radius 1 is 1.36 bits per heavy atom. The summed E-state index contributed by atoms with van der Waals surface area (Å²) in [6.45, 7) is 1.85. The summed E-state index contributed by atoms with van der Waals surface area (Å²) in [5.74, 6) is 0.331. The van der Waals surface area contributed by atoms with Gasteiger partial charge < -0.3 is 19.3 Å². The molecule has 0 saturated carbocycles. The van der Waals surface area contributed by atoms with E-state index in [0.717, 1.165) is 0 Å². The van der Waals surface area contributed by atoms with Crippen LogP contribution < -0.4 is 0 Å². The van der Waals surface area contributed by atoms with Crippen molar-refractivity contribution in [2.45, 2.75) is 13.5 Å². The lowest BCUT2D eigenvalue weighted by Gasteiger charge is -2.00. The van der Waals surface area contributed by atoms with Crippen LogP contribution in [0.5, 0.6) is 0 Å². The maximum atomic E-state index is 11.4. The number of methoxy groups -OCH3 is 1. The van der Waals surface area contributed by atoms with Gasteiger partial charge in [-0.2, -0.15) is 0 Å². The molecule has 0 spiro atoms. The lowest BCUT2D eigenvalue weighted by atomic mass is 10.1. The van der Waals surface area contributed by atoms with Crippen LogP contribution in [-0.2, 0) is 11.3 Å². The number of imidazole rings is 1. The van der Waals surface area contributed by atoms with Crippen molar-refractivity contribution in [2.75, 3.05) is 7.11 Å². The first-order chi connectivity index (χ1) is 12.0. The van der Waals surface area contributed by atoms with E-state index in [1.165, 1.54) is 24.1 Å². The van der Waals surface area contributed by atoms with Gasteiger partial charge in [-0.15, -0.1) is 0 Å². The molecule has 0 unspecified atom stereocenters. The Balaban J connectivity index is 1.82. The smallest absolute Gasteiger partial charge is 0.343 e. The van der Waals surface area contributed by atoms with Gasteiger partial charge in [0, 0.05) is 12.5 Å². The molecule has 25 heavy (non-hydrogen) atoms. The van der Waals surface area contributed by atoms with Gasteiger partial charge in [0.25, 0.3) is 0 Å². The Morgan fingerprint density at radius 3 is 2.72 bits per heavy atom. The summed E-state index contributed by atoms with van der Waals surface area (Å²) in [6.07, 6.45) is 2.65. The summed E-state index contributed by atoms with van der Waals surface area (Å²) in [6, 6.07) is 6.59. The lowest BCUT2D eigenvalue weighted by Crippen LogP contribution is -2.06. The number of hydrogen-bond acceptors (Lipinski definition) is 7. The molecule has 3 rings (SSSR count). The molecular weight excluding hydrogens is 328 g/mol. The summed E-state index contributed by atoms with van der Waals surface area (Å²) in [4.78, 5) is 30.3. The number of carbonyl (C=O) groups is 1. The number of rotatable bonds is 5. The molecule has 2 aromatic heterocycles. The van der Waals surface area contributed by atoms with Gasteiger partial charge in [-0.25, -0.2) is 19.3 Å². The molecule has 1 aromatic carbocycles. The van der Waals surface area contributed by atoms with Crippen molar-refractivity contribution >= 4 is 11.8 Å². The molecule has 128 valence electrons. The van der Waals surface area contributed by atoms with Crippen LogP contribution in [-0.4, -0.2) is 32.5 Å². The zero-order valence-electron chi connectivity index (χ0n) is 13.5. The molecule has 3 aromatic rings. The molecule has 0 aliphatic rings. The Morgan fingerprint density at radius 2 is 2.08 bits per heavy atom. The molecule has 0 aliphatic carbocycles. The Labute approximate surface area is 142 Å². The van der Waals surface area contributed by atoms with E-state index in [9.17, 15) is 14.9 Å². The van der Waals surface area contributed by atoms with Crippen LogP contribution in [0, 0.1) is 17.0 Å². The molecule has 0 radical (unpaired) electrons. The molecule has 0 aliphatic heterocycles. The fraction of sp³-hybridized carbons (Fsp3) is 0.188. The van der Waals surface area contributed by atoms with Crippen LogP contribution in [0.2, 0.25) is 0 Å². The van der Waals surface area contributed by atoms with E-state index in [1.807, 2.05) is 0 Å². The highest BCUT2D eigenvalue weighted by Crippen LogP contribution is 2.21. The van der Waals surface area contributed by atoms with Crippen molar-refractivity contribution in [3.8, 4) is 11.5 Å². The lowest BCUT2D eigenvalue weighted by molar-refractivity contribution is -0.392. The molecule has 0 saturated heterocycles. The number of carbonyl (C=O) groups excluding carboxylic acids is 1. The van der Waals surface area contributed by atoms with Gasteiger partial charge in [0.1, 0.15) is 24.7 Å². The second-order valence-corrected chi connectivity index (χ2v) is 5.22. The fourth-order valence-electron chi connectivity index (χ4n) is 2.34. The first kappa shape index (κ1) is 16.4. The molecule has 9 heteroatoms. The fourth-order valence-corrected chi connectivity index (χ4v) is 2.34. The van der Waals surface area contributed by atoms with Crippen molar-refractivity contribution in [2.24, 2.45) is 0 Å². The average Bonchev–Trinajstić information content (AvgIpc) is 3.22. The van der Waals surface area contributed by atoms with Crippen molar-refractivity contribution < 1.29 is 18.9 Å². The highest BCUT2D eigenvalue weighted by molar-refractivity contribution is 5.89. The van der Waals surface area contributed by atoms with Crippen molar-refractivity contribution in [1.82, 2.24) is 14.5 Å². The SMILES string of the molecule is COC(=O)c1ccc(-c2nc(Cn3c([N+](=O)[O-])cnc3C)co2)cc1. The number of ether oxygens (including phenoxy) is 1. The largest absolute Gasteiger partial charge is 0.465 e. The van der Waals surface area contributed by atoms with E-state index < -0.39 is 10.9 Å². The van der Waals surface area contributed by atoms with Crippen LogP contribution in [0.25, 0.3) is 11.5 Å². The molecule has 9 nitrogen and oxygen atoms in total. The summed E-state index contributed by atoms with van der Waals surface area (Å²) >= 11 is 0. The zero-order valence-corrected chi connectivity index (χ0v) is 13.5. The Hall–Kier alpha value is -3.49. The molecule has 2 heterocycles. The van der Waals surface area contributed by atoms with Crippen LogP contribution in [0.1, 0.15) is 21.9 Å². The Kier molecular flexibility index (Phi) is 4.29. The normalized spacial score (nSPS) is 10.6. The summed E-state index contributed by atoms with van der Waals surface area (Å²) in [7, 11) is 1.31. The predicted octanol–water partition coefficient (Wildman–Crippen LogP) is 2.59. The van der Waals surface area contributed by atoms with Crippen LogP contribution >= 0.6 is 0 Å². The third kappa shape index (κ3) is 3.25. The Bertz CT molecular complexity index is 926. The van der Waals surface area contributed by atoms with Gasteiger partial charge in [-0.3, -0.25) is 0 Å². The van der Waals surface area contributed by atoms with Crippen LogP contribution in [0.15, 0.2) is 41.1 Å². The molecule has 0 fully saturated rings. The highest BCUT2D eigenvalue weighted by atomic mass is 16.6. The number of nitro groups is 1. The summed E-state index contributed by atoms with van der Waals surface area (Å²) in [5, 5.41) is 11.0. The maximum Gasteiger partial charge on any atom is 0.343 e. The quantitative estimate of drug-likeness (QED) is 0.398. The third-order valence-electron chi connectivity index (χ3n) is 3.65. The van der Waals surface area contributed by atoms with Crippen LogP contribution in [0.4, 0.5) is 5.82 Å². The second kappa shape index (κ2) is 6.56. The molecule has 0 atom stereocenters. The van der Waals surface area contributed by atoms with Crippen molar-refractivity contribution in [3.63, 3.8) is 0 Å². The minimum absolute atomic E-state index is 0.107. The number of esters is 1. The van der Waals surface area contributed by atoms with Gasteiger partial charge in [-0.1, -0.05) is 0 Å². The number of aromatic nitrogens is 3. The predicted molar refractivity (Wildman–Crippen MR) is 86.0 cm³/mol. The number of oxazole rings is 1. The molecule has 0 amide bonds. The third-order valence-corrected chi connectivity index (χ3v) is 3.65. The minimum atomic E-state index is -0.494. The molecule has 0 bridgehead atoms. The van der Waals surface area contributed by atoms with E-state index in [0.29, 0.717) is 28.5 Å². The van der Waals surface area contributed by atoms with E-state index in [1.54, 1.807) is 31.2 Å². The van der Waals surface area contributed by atoms with Gasteiger partial charge >= 0.3 is 11.8 Å². The monoisotopic (exact) mass is 342 g/mol. The summed E-state index contributed by atoms with van der Waals surface area (Å²) < 4.78 is 11.5. The first-order valence-electron chi connectivity index (χ1n) is 7.29. The number of hydrogen-bond donors (Lipinski definition) is 0. The minimum Gasteiger partial charge on any atom is -0.465 e. The van der Waals surface area contributed by atoms with Gasteiger partial charge in [0.05, 0.1) is 12.7 Å². The van der Waals surface area contributed by atoms with Gasteiger partial charge in [0.15, 0.2) is 5.82 Å². The van der Waals surface area contributed by atoms with E-state index >= 15 is 0 Å². The molecule has 0 N–H and O–H groups in total. The maximum absolute atomic E-state index is 11.4. The van der Waals surface area contributed by atoms with Gasteiger partial charge in [0.2, 0.25) is 5.89 Å². The van der Waals surface area contributed by atoms with E-state index in [2.05, 4.69) is 14.7 Å². The van der Waals surface area contributed by atoms with Crippen molar-refractivity contribution in [3.05, 3.63) is 63.9 Å². The number of aryl methyl sites for hydroxylation is 1. The highest BCUT2D eigenvalue weighted by Gasteiger charge is 2.19. The summed E-state index contributed by atoms with van der Waals surface area (Å²) in [5.41, 5.74) is 1.62. The van der Waals surface area contributed by atoms with E-state index in [-0.39, 0.29) is 12.4 Å². The second-order valence-electron chi connectivity index (χ2n) is 5.22. The van der Waals surface area contributed by atoms with E-state index in [4.69, 9.17) is 4.42 Å². The van der Waals surface area contributed by atoms with Gasteiger partial charge in [-0.05, 0) is 29.2 Å². The standard InChI is InChI=1S/C16H14N4O5/c1-10-17-7-14(20(22)23)19(10)8-13-9-25-15(18-13)11-3-5-12(6-4-11)16(21)24-2/h3-7,9H,8H2,1-2H3. The van der Waals surface area contributed by atoms with Crippen LogP contribution in [0.3, 0.4) is 0 Å². The number of nitrogens with zero attached hydrogens (tertiary/aromatic N) is 4. The first-order valence-corrected chi connectivity index (χ1v) is 7.29. The number of benzene rings is 1. The average molecular weight is 342 g/mol. The zero-order chi connectivity index (χ0) is 18.0. The van der Waals surface area contributed by atoms with Crippen molar-refractivity contribution in [1.29, 1.82) is 0 Å².